The third-order valence-corrected chi connectivity index (χ3v) is 4.08. The second-order valence-corrected chi connectivity index (χ2v) is 5.74. The molecule has 148 valence electrons. The molecular formula is C16H18ClF7N2. The molecule has 0 saturated carbocycles. The molecule has 0 spiro atoms. The Hall–Kier alpha value is -1.32. The number of halogens is 8. The third kappa shape index (κ3) is 5.11. The van der Waals surface area contributed by atoms with Crippen LogP contribution in [0.25, 0.3) is 0 Å². The highest BCUT2D eigenvalue weighted by Gasteiger charge is 2.42. The van der Waals surface area contributed by atoms with Crippen molar-refractivity contribution in [2.45, 2.75) is 24.8 Å². The van der Waals surface area contributed by atoms with Crippen LogP contribution in [-0.2, 0) is 12.4 Å². The third-order valence-electron chi connectivity index (χ3n) is 4.08. The monoisotopic (exact) mass is 406 g/mol. The Bertz CT molecular complexity index is 622. The summed E-state index contributed by atoms with van der Waals surface area (Å²) in [5.41, 5.74) is -4.01. The van der Waals surface area contributed by atoms with E-state index in [1.165, 1.54) is 6.08 Å². The zero-order chi connectivity index (χ0) is 18.8. The van der Waals surface area contributed by atoms with Crippen LogP contribution < -0.4 is 5.32 Å². The van der Waals surface area contributed by atoms with E-state index in [0.717, 1.165) is 0 Å². The van der Waals surface area contributed by atoms with E-state index in [0.29, 0.717) is 26.2 Å². The molecule has 2 nitrogen and oxygen atoms in total. The molecular weight excluding hydrogens is 389 g/mol. The van der Waals surface area contributed by atoms with Gasteiger partial charge >= 0.3 is 12.4 Å². The fourth-order valence-corrected chi connectivity index (χ4v) is 2.96. The Balaban J connectivity index is 0.00000338. The van der Waals surface area contributed by atoms with Gasteiger partial charge in [0, 0.05) is 37.8 Å². The Morgan fingerprint density at radius 2 is 1.65 bits per heavy atom. The molecule has 0 amide bonds. The number of hydrogen-bond acceptors (Lipinski definition) is 2. The predicted octanol–water partition coefficient (Wildman–Crippen LogP) is 4.81. The fourth-order valence-electron chi connectivity index (χ4n) is 2.96. The summed E-state index contributed by atoms with van der Waals surface area (Å²) in [6.07, 6.45) is -8.84. The molecule has 1 aliphatic rings. The molecule has 2 rings (SSSR count). The summed E-state index contributed by atoms with van der Waals surface area (Å²) in [6, 6.07) is -0.918. The van der Waals surface area contributed by atoms with Gasteiger partial charge in [0.15, 0.2) is 0 Å². The van der Waals surface area contributed by atoms with Gasteiger partial charge in [-0.15, -0.1) is 19.0 Å². The lowest BCUT2D eigenvalue weighted by molar-refractivity contribution is -0.144. The van der Waals surface area contributed by atoms with Crippen LogP contribution in [0, 0.1) is 5.82 Å². The molecule has 1 aliphatic heterocycles. The summed E-state index contributed by atoms with van der Waals surface area (Å²) < 4.78 is 93.0. The molecule has 1 atom stereocenters. The van der Waals surface area contributed by atoms with Gasteiger partial charge in [0.05, 0.1) is 11.1 Å². The number of alkyl halides is 6. The molecule has 0 unspecified atom stereocenters. The molecule has 0 radical (unpaired) electrons. The zero-order valence-corrected chi connectivity index (χ0v) is 14.4. The smallest absolute Gasteiger partial charge is 0.314 e. The van der Waals surface area contributed by atoms with Crippen LogP contribution in [0.1, 0.15) is 29.2 Å². The molecule has 0 bridgehead atoms. The Morgan fingerprint density at radius 3 is 2.12 bits per heavy atom. The molecule has 1 aromatic carbocycles. The second kappa shape index (κ2) is 8.58. The molecule has 10 heteroatoms. The second-order valence-electron chi connectivity index (χ2n) is 5.74. The van der Waals surface area contributed by atoms with Crippen LogP contribution in [0.3, 0.4) is 0 Å². The van der Waals surface area contributed by atoms with Crippen LogP contribution in [0.4, 0.5) is 30.7 Å². The number of nitrogens with zero attached hydrogens (tertiary/aromatic N) is 1. The van der Waals surface area contributed by atoms with E-state index < -0.39 is 40.9 Å². The van der Waals surface area contributed by atoms with Gasteiger partial charge in [0.1, 0.15) is 5.82 Å². The van der Waals surface area contributed by atoms with Gasteiger partial charge in [-0.05, 0) is 18.6 Å². The minimum atomic E-state index is -5.11. The average molecular weight is 407 g/mol. The maximum Gasteiger partial charge on any atom is 0.416 e. The first-order valence-corrected chi connectivity index (χ1v) is 7.59. The lowest BCUT2D eigenvalue weighted by Gasteiger charge is -2.36. The Kier molecular flexibility index (Phi) is 7.50. The number of rotatable bonds is 4. The van der Waals surface area contributed by atoms with Gasteiger partial charge in [0.25, 0.3) is 0 Å². The van der Waals surface area contributed by atoms with E-state index in [9.17, 15) is 30.7 Å². The topological polar surface area (TPSA) is 15.3 Å². The highest BCUT2D eigenvalue weighted by Crippen LogP contribution is 2.42. The number of benzene rings is 1. The van der Waals surface area contributed by atoms with Crippen LogP contribution >= 0.6 is 12.4 Å². The largest absolute Gasteiger partial charge is 0.416 e. The predicted molar refractivity (Wildman–Crippen MR) is 85.6 cm³/mol. The number of nitrogens with one attached hydrogen (secondary N) is 1. The van der Waals surface area contributed by atoms with Crippen molar-refractivity contribution >= 4 is 12.4 Å². The molecule has 0 aromatic heterocycles. The van der Waals surface area contributed by atoms with Gasteiger partial charge in [-0.1, -0.05) is 6.08 Å². The zero-order valence-electron chi connectivity index (χ0n) is 13.6. The van der Waals surface area contributed by atoms with Crippen LogP contribution in [0.2, 0.25) is 0 Å². The molecule has 1 saturated heterocycles. The maximum absolute atomic E-state index is 14.4. The van der Waals surface area contributed by atoms with E-state index in [2.05, 4.69) is 11.9 Å². The van der Waals surface area contributed by atoms with Gasteiger partial charge in [-0.3, -0.25) is 4.90 Å². The minimum Gasteiger partial charge on any atom is -0.314 e. The van der Waals surface area contributed by atoms with Crippen molar-refractivity contribution < 1.29 is 30.7 Å². The molecule has 1 fully saturated rings. The van der Waals surface area contributed by atoms with Crippen molar-refractivity contribution in [2.75, 3.05) is 26.2 Å². The van der Waals surface area contributed by atoms with E-state index in [-0.39, 0.29) is 31.0 Å². The summed E-state index contributed by atoms with van der Waals surface area (Å²) in [4.78, 5) is 1.62. The molecule has 1 N–H and O–H groups in total. The van der Waals surface area contributed by atoms with E-state index >= 15 is 0 Å². The fraction of sp³-hybridized carbons (Fsp3) is 0.500. The van der Waals surface area contributed by atoms with E-state index in [4.69, 9.17) is 0 Å². The van der Waals surface area contributed by atoms with Crippen molar-refractivity contribution in [1.82, 2.24) is 10.2 Å². The summed E-state index contributed by atoms with van der Waals surface area (Å²) in [5, 5.41) is 3.02. The highest BCUT2D eigenvalue weighted by atomic mass is 35.5. The molecule has 1 aromatic rings. The van der Waals surface area contributed by atoms with Crippen molar-refractivity contribution in [3.05, 3.63) is 47.3 Å². The van der Waals surface area contributed by atoms with Crippen molar-refractivity contribution in [3.63, 3.8) is 0 Å². The first kappa shape index (κ1) is 22.7. The molecule has 1 heterocycles. The van der Waals surface area contributed by atoms with Crippen LogP contribution in [0.5, 0.6) is 0 Å². The first-order valence-electron chi connectivity index (χ1n) is 7.59. The van der Waals surface area contributed by atoms with Gasteiger partial charge in [-0.25, -0.2) is 4.39 Å². The molecule has 0 aliphatic carbocycles. The average Bonchev–Trinajstić information content (AvgIpc) is 2.51. The Morgan fingerprint density at radius 1 is 1.08 bits per heavy atom. The maximum atomic E-state index is 14.4. The normalized spacial score (nSPS) is 17.5. The van der Waals surface area contributed by atoms with Crippen LogP contribution in [0.15, 0.2) is 24.8 Å². The summed E-state index contributed by atoms with van der Waals surface area (Å²) in [7, 11) is 0. The summed E-state index contributed by atoms with van der Waals surface area (Å²) in [5.74, 6) is -1.51. The standard InChI is InChI=1S/C16H17F7N2.ClH/c1-2-3-13(25-6-4-24-5-7-25)14-11(16(21,22)23)8-10(9-12(14)17)15(18,19)20;/h2,8-9,13,24H,1,3-7H2;1H/t13-;/m1./s1. The molecule has 26 heavy (non-hydrogen) atoms. The summed E-state index contributed by atoms with van der Waals surface area (Å²) in [6.45, 7) is 5.18. The minimum absolute atomic E-state index is 0. The number of hydrogen-bond donors (Lipinski definition) is 1. The lowest BCUT2D eigenvalue weighted by Crippen LogP contribution is -2.45. The summed E-state index contributed by atoms with van der Waals surface area (Å²) >= 11 is 0. The quantitative estimate of drug-likeness (QED) is 0.570. The van der Waals surface area contributed by atoms with Gasteiger partial charge in [0.2, 0.25) is 0 Å². The van der Waals surface area contributed by atoms with Gasteiger partial charge in [-0.2, -0.15) is 26.3 Å². The van der Waals surface area contributed by atoms with Crippen molar-refractivity contribution in [1.29, 1.82) is 0 Å². The number of piperazine rings is 1. The highest BCUT2D eigenvalue weighted by molar-refractivity contribution is 5.85. The van der Waals surface area contributed by atoms with E-state index in [1.807, 2.05) is 0 Å². The van der Waals surface area contributed by atoms with Crippen molar-refractivity contribution in [2.24, 2.45) is 0 Å². The lowest BCUT2D eigenvalue weighted by atomic mass is 9.93. The van der Waals surface area contributed by atoms with Gasteiger partial charge < -0.3 is 5.32 Å². The SMILES string of the molecule is C=CC[C@H](c1c(F)cc(C(F)(F)F)cc1C(F)(F)F)N1CCNCC1.Cl. The van der Waals surface area contributed by atoms with E-state index in [1.54, 1.807) is 4.90 Å². The Labute approximate surface area is 152 Å². The van der Waals surface area contributed by atoms with Crippen molar-refractivity contribution in [3.8, 4) is 0 Å². The first-order chi connectivity index (χ1) is 11.6. The van der Waals surface area contributed by atoms with Crippen LogP contribution in [-0.4, -0.2) is 31.1 Å².